The third kappa shape index (κ3) is 5.82. The van der Waals surface area contributed by atoms with E-state index in [9.17, 15) is 18.0 Å². The molecule has 0 fully saturated rings. The van der Waals surface area contributed by atoms with Crippen molar-refractivity contribution in [3.8, 4) is 16.3 Å². The van der Waals surface area contributed by atoms with E-state index in [-0.39, 0.29) is 12.5 Å². The minimum atomic E-state index is -4.39. The van der Waals surface area contributed by atoms with Gasteiger partial charge in [0.2, 0.25) is 0 Å². The van der Waals surface area contributed by atoms with Gasteiger partial charge in [-0.1, -0.05) is 38.1 Å². The molecule has 3 aromatic rings. The third-order valence-corrected chi connectivity index (χ3v) is 5.04. The van der Waals surface area contributed by atoms with Crippen molar-refractivity contribution in [3.05, 3.63) is 70.7 Å². The van der Waals surface area contributed by atoms with Crippen molar-refractivity contribution in [1.29, 1.82) is 0 Å². The second kappa shape index (κ2) is 9.30. The highest BCUT2D eigenvalue weighted by Gasteiger charge is 2.30. The van der Waals surface area contributed by atoms with Crippen LogP contribution in [0, 0.1) is 5.92 Å². The van der Waals surface area contributed by atoms with E-state index < -0.39 is 11.7 Å². The molecule has 0 unspecified atom stereocenters. The van der Waals surface area contributed by atoms with E-state index in [4.69, 9.17) is 4.74 Å². The van der Waals surface area contributed by atoms with E-state index in [0.717, 1.165) is 17.7 Å². The molecule has 0 aliphatic rings. The first kappa shape index (κ1) is 21.8. The van der Waals surface area contributed by atoms with Crippen LogP contribution in [0.4, 0.5) is 13.2 Å². The number of benzene rings is 2. The molecule has 0 saturated carbocycles. The normalized spacial score (nSPS) is 11.5. The number of amides is 1. The van der Waals surface area contributed by atoms with Gasteiger partial charge >= 0.3 is 6.18 Å². The predicted molar refractivity (Wildman–Crippen MR) is 110 cm³/mol. The largest absolute Gasteiger partial charge is 0.489 e. The summed E-state index contributed by atoms with van der Waals surface area (Å²) in [4.78, 5) is 16.5. The lowest BCUT2D eigenvalue weighted by molar-refractivity contribution is -0.137. The number of aromatic nitrogens is 1. The summed E-state index contributed by atoms with van der Waals surface area (Å²) in [6.07, 6.45) is -4.39. The fraction of sp³-hybridized carbons (Fsp3) is 0.273. The van der Waals surface area contributed by atoms with Gasteiger partial charge in [0, 0.05) is 17.5 Å². The molecule has 0 atom stereocenters. The molecule has 0 saturated heterocycles. The number of thiazole rings is 1. The SMILES string of the molecule is CC(C)CNC(=O)c1csc(-c2cccc(OCc3cccc(C(F)(F)F)c3)c2)n1. The number of ether oxygens (including phenoxy) is 1. The van der Waals surface area contributed by atoms with Crippen molar-refractivity contribution in [1.82, 2.24) is 10.3 Å². The molecule has 0 spiro atoms. The highest BCUT2D eigenvalue weighted by atomic mass is 32.1. The molecule has 0 aliphatic carbocycles. The van der Waals surface area contributed by atoms with Gasteiger partial charge in [-0.3, -0.25) is 4.79 Å². The summed E-state index contributed by atoms with van der Waals surface area (Å²) < 4.78 is 44.2. The van der Waals surface area contributed by atoms with Crippen LogP contribution in [0.1, 0.15) is 35.5 Å². The zero-order valence-corrected chi connectivity index (χ0v) is 17.3. The quantitative estimate of drug-likeness (QED) is 0.512. The van der Waals surface area contributed by atoms with Crippen molar-refractivity contribution in [2.45, 2.75) is 26.6 Å². The van der Waals surface area contributed by atoms with Crippen LogP contribution in [-0.4, -0.2) is 17.4 Å². The highest BCUT2D eigenvalue weighted by molar-refractivity contribution is 7.13. The second-order valence-electron chi connectivity index (χ2n) is 7.16. The van der Waals surface area contributed by atoms with Crippen LogP contribution >= 0.6 is 11.3 Å². The molecule has 4 nitrogen and oxygen atoms in total. The Kier molecular flexibility index (Phi) is 6.77. The average Bonchev–Trinajstić information content (AvgIpc) is 3.21. The molecule has 1 amide bonds. The molecule has 30 heavy (non-hydrogen) atoms. The van der Waals surface area contributed by atoms with Crippen LogP contribution in [0.2, 0.25) is 0 Å². The van der Waals surface area contributed by atoms with Gasteiger partial charge in [-0.2, -0.15) is 13.2 Å². The molecular weight excluding hydrogens is 413 g/mol. The maximum absolute atomic E-state index is 12.8. The molecule has 158 valence electrons. The van der Waals surface area contributed by atoms with Crippen molar-refractivity contribution >= 4 is 17.2 Å². The Morgan fingerprint density at radius 1 is 1.17 bits per heavy atom. The first-order valence-corrected chi connectivity index (χ1v) is 10.2. The molecule has 3 rings (SSSR count). The summed E-state index contributed by atoms with van der Waals surface area (Å²) in [5.74, 6) is 0.631. The fourth-order valence-corrected chi connectivity index (χ4v) is 3.42. The van der Waals surface area contributed by atoms with Crippen molar-refractivity contribution in [3.63, 3.8) is 0 Å². The van der Waals surface area contributed by atoms with Crippen molar-refractivity contribution in [2.75, 3.05) is 6.54 Å². The van der Waals surface area contributed by atoms with Crippen LogP contribution in [0.25, 0.3) is 10.6 Å². The molecule has 1 aromatic heterocycles. The van der Waals surface area contributed by atoms with Crippen LogP contribution < -0.4 is 10.1 Å². The average molecular weight is 434 g/mol. The number of hydrogen-bond acceptors (Lipinski definition) is 4. The number of hydrogen-bond donors (Lipinski definition) is 1. The summed E-state index contributed by atoms with van der Waals surface area (Å²) in [5.41, 5.74) is 0.840. The zero-order valence-electron chi connectivity index (χ0n) is 16.5. The van der Waals surface area contributed by atoms with Gasteiger partial charge in [0.15, 0.2) is 0 Å². The van der Waals surface area contributed by atoms with E-state index in [1.54, 1.807) is 29.6 Å². The lowest BCUT2D eigenvalue weighted by Crippen LogP contribution is -2.27. The molecule has 2 aromatic carbocycles. The van der Waals surface area contributed by atoms with E-state index in [0.29, 0.717) is 34.5 Å². The minimum Gasteiger partial charge on any atom is -0.489 e. The molecular formula is C22H21F3N2O2S. The van der Waals surface area contributed by atoms with E-state index in [1.807, 2.05) is 19.9 Å². The highest BCUT2D eigenvalue weighted by Crippen LogP contribution is 2.30. The summed E-state index contributed by atoms with van der Waals surface area (Å²) in [6.45, 7) is 4.61. The Labute approximate surface area is 176 Å². The Balaban J connectivity index is 1.68. The second-order valence-corrected chi connectivity index (χ2v) is 8.01. The topological polar surface area (TPSA) is 51.2 Å². The molecule has 8 heteroatoms. The zero-order chi connectivity index (χ0) is 21.7. The van der Waals surface area contributed by atoms with Gasteiger partial charge in [0.25, 0.3) is 5.91 Å². The van der Waals surface area contributed by atoms with Crippen LogP contribution in [0.15, 0.2) is 53.9 Å². The maximum atomic E-state index is 12.8. The Hall–Kier alpha value is -2.87. The maximum Gasteiger partial charge on any atom is 0.416 e. The number of nitrogens with zero attached hydrogens (tertiary/aromatic N) is 1. The van der Waals surface area contributed by atoms with E-state index >= 15 is 0 Å². The molecule has 1 N–H and O–H groups in total. The Bertz CT molecular complexity index is 1020. The summed E-state index contributed by atoms with van der Waals surface area (Å²) in [6, 6.07) is 12.1. The fourth-order valence-electron chi connectivity index (χ4n) is 2.62. The smallest absolute Gasteiger partial charge is 0.416 e. The van der Waals surface area contributed by atoms with Crippen molar-refractivity contribution < 1.29 is 22.7 Å². The summed E-state index contributed by atoms with van der Waals surface area (Å²) >= 11 is 1.34. The molecule has 0 bridgehead atoms. The molecule has 1 heterocycles. The van der Waals surface area contributed by atoms with Gasteiger partial charge < -0.3 is 10.1 Å². The number of carbonyl (C=O) groups excluding carboxylic acids is 1. The first-order valence-electron chi connectivity index (χ1n) is 9.35. The van der Waals surface area contributed by atoms with E-state index in [2.05, 4.69) is 10.3 Å². The van der Waals surface area contributed by atoms with Crippen LogP contribution in [0.3, 0.4) is 0 Å². The number of nitrogens with one attached hydrogen (secondary N) is 1. The predicted octanol–water partition coefficient (Wildman–Crippen LogP) is 5.79. The Morgan fingerprint density at radius 2 is 1.93 bits per heavy atom. The van der Waals surface area contributed by atoms with Crippen LogP contribution in [-0.2, 0) is 12.8 Å². The van der Waals surface area contributed by atoms with Gasteiger partial charge in [0.05, 0.1) is 5.56 Å². The monoisotopic (exact) mass is 434 g/mol. The van der Waals surface area contributed by atoms with Gasteiger partial charge in [0.1, 0.15) is 23.1 Å². The lowest BCUT2D eigenvalue weighted by atomic mass is 10.1. The summed E-state index contributed by atoms with van der Waals surface area (Å²) in [7, 11) is 0. The standard InChI is InChI=1S/C22H21F3N2O2S/c1-14(2)11-26-20(28)19-13-30-21(27-19)16-6-4-8-18(10-16)29-12-15-5-3-7-17(9-15)22(23,24)25/h3-10,13-14H,11-12H2,1-2H3,(H,26,28). The Morgan fingerprint density at radius 3 is 2.67 bits per heavy atom. The third-order valence-electron chi connectivity index (χ3n) is 4.15. The molecule has 0 radical (unpaired) electrons. The number of rotatable bonds is 7. The van der Waals surface area contributed by atoms with E-state index in [1.165, 1.54) is 17.4 Å². The van der Waals surface area contributed by atoms with Crippen LogP contribution in [0.5, 0.6) is 5.75 Å². The summed E-state index contributed by atoms with van der Waals surface area (Å²) in [5, 5.41) is 5.19. The number of halogens is 3. The lowest BCUT2D eigenvalue weighted by Gasteiger charge is -2.10. The van der Waals surface area contributed by atoms with Crippen molar-refractivity contribution in [2.24, 2.45) is 5.92 Å². The van der Waals surface area contributed by atoms with Gasteiger partial charge in [-0.05, 0) is 35.7 Å². The first-order chi connectivity index (χ1) is 14.2. The molecule has 0 aliphatic heterocycles. The minimum absolute atomic E-state index is 0.00804. The van der Waals surface area contributed by atoms with Gasteiger partial charge in [-0.15, -0.1) is 11.3 Å². The number of carbonyl (C=O) groups is 1. The number of alkyl halides is 3. The van der Waals surface area contributed by atoms with Gasteiger partial charge in [-0.25, -0.2) is 4.98 Å².